The van der Waals surface area contributed by atoms with Crippen LogP contribution in [0.4, 0.5) is 5.69 Å². The lowest BCUT2D eigenvalue weighted by Crippen LogP contribution is -2.11. The number of para-hydroxylation sites is 2. The van der Waals surface area contributed by atoms with Gasteiger partial charge in [0.15, 0.2) is 0 Å². The van der Waals surface area contributed by atoms with Crippen molar-refractivity contribution in [3.05, 3.63) is 102 Å². The Bertz CT molecular complexity index is 1400. The molecule has 0 radical (unpaired) electrons. The van der Waals surface area contributed by atoms with Crippen LogP contribution in [0.5, 0.6) is 5.75 Å². The van der Waals surface area contributed by atoms with Crippen molar-refractivity contribution >= 4 is 34.0 Å². The van der Waals surface area contributed by atoms with Crippen molar-refractivity contribution in [1.29, 1.82) is 0 Å². The smallest absolute Gasteiger partial charge is 0.303 e. The van der Waals surface area contributed by atoms with Crippen molar-refractivity contribution in [3.63, 3.8) is 0 Å². The third-order valence-electron chi connectivity index (χ3n) is 5.98. The van der Waals surface area contributed by atoms with Gasteiger partial charge in [0, 0.05) is 36.1 Å². The molecule has 4 rings (SSSR count). The Morgan fingerprint density at radius 2 is 1.81 bits per heavy atom. The van der Waals surface area contributed by atoms with E-state index in [2.05, 4.69) is 65.5 Å². The number of carbonyl (C=O) groups excluding carboxylic acids is 1. The average molecular weight is 483 g/mol. The van der Waals surface area contributed by atoms with Crippen molar-refractivity contribution in [2.75, 3.05) is 11.9 Å². The monoisotopic (exact) mass is 482 g/mol. The summed E-state index contributed by atoms with van der Waals surface area (Å²) in [4.78, 5) is 23.4. The molecule has 0 fully saturated rings. The van der Waals surface area contributed by atoms with E-state index in [1.54, 1.807) is 18.2 Å². The minimum absolute atomic E-state index is 0.0378. The molecule has 3 aromatic carbocycles. The number of aromatic nitrogens is 1. The Morgan fingerprint density at radius 3 is 2.58 bits per heavy atom. The molecular weight excluding hydrogens is 452 g/mol. The van der Waals surface area contributed by atoms with Crippen molar-refractivity contribution in [2.45, 2.75) is 33.2 Å². The van der Waals surface area contributed by atoms with E-state index in [-0.39, 0.29) is 18.9 Å². The van der Waals surface area contributed by atoms with Gasteiger partial charge in [-0.2, -0.15) is 0 Å². The summed E-state index contributed by atoms with van der Waals surface area (Å²) >= 11 is 0. The number of nitrogens with zero attached hydrogens (tertiary/aromatic N) is 1. The van der Waals surface area contributed by atoms with Crippen molar-refractivity contribution in [2.24, 2.45) is 0 Å². The molecule has 0 bridgehead atoms. The van der Waals surface area contributed by atoms with E-state index in [9.17, 15) is 9.59 Å². The first-order chi connectivity index (χ1) is 17.4. The molecule has 0 aliphatic rings. The zero-order valence-corrected chi connectivity index (χ0v) is 20.5. The van der Waals surface area contributed by atoms with E-state index in [4.69, 9.17) is 9.84 Å². The molecule has 0 saturated carbocycles. The van der Waals surface area contributed by atoms with Crippen LogP contribution in [0, 0.1) is 6.92 Å². The normalized spacial score (nSPS) is 11.4. The fourth-order valence-electron chi connectivity index (χ4n) is 4.02. The summed E-state index contributed by atoms with van der Waals surface area (Å²) in [6.45, 7) is 5.07. The minimum Gasteiger partial charge on any atom is -0.491 e. The number of anilines is 1. The number of carboxylic acids is 1. The van der Waals surface area contributed by atoms with Crippen LogP contribution in [0.1, 0.15) is 36.5 Å². The number of aliphatic carboxylic acids is 1. The van der Waals surface area contributed by atoms with Crippen LogP contribution in [-0.4, -0.2) is 28.2 Å². The summed E-state index contributed by atoms with van der Waals surface area (Å²) in [7, 11) is 0. The van der Waals surface area contributed by atoms with Gasteiger partial charge in [-0.05, 0) is 67.3 Å². The summed E-state index contributed by atoms with van der Waals surface area (Å²) in [6.07, 6.45) is 4.10. The second-order valence-corrected chi connectivity index (χ2v) is 8.86. The zero-order valence-electron chi connectivity index (χ0n) is 20.5. The number of rotatable bonds is 10. The van der Waals surface area contributed by atoms with Crippen LogP contribution in [0.25, 0.3) is 16.5 Å². The van der Waals surface area contributed by atoms with Gasteiger partial charge in [-0.15, -0.1) is 0 Å². The molecule has 0 aliphatic heterocycles. The van der Waals surface area contributed by atoms with Crippen LogP contribution in [-0.2, 0) is 16.1 Å². The number of hydrogen-bond acceptors (Lipinski definition) is 3. The molecule has 1 amide bonds. The third kappa shape index (κ3) is 6.42. The molecule has 6 nitrogen and oxygen atoms in total. The number of benzene rings is 3. The summed E-state index contributed by atoms with van der Waals surface area (Å²) in [6, 6.07) is 24.0. The molecule has 184 valence electrons. The fourth-order valence-corrected chi connectivity index (χ4v) is 4.02. The van der Waals surface area contributed by atoms with Gasteiger partial charge in [-0.3, -0.25) is 9.59 Å². The minimum atomic E-state index is -0.859. The predicted octanol–water partition coefficient (Wildman–Crippen LogP) is 6.28. The molecule has 0 spiro atoms. The Kier molecular flexibility index (Phi) is 7.85. The molecule has 36 heavy (non-hydrogen) atoms. The highest BCUT2D eigenvalue weighted by Crippen LogP contribution is 2.26. The van der Waals surface area contributed by atoms with Crippen LogP contribution in [0.15, 0.2) is 85.1 Å². The Labute approximate surface area is 210 Å². The molecule has 1 aromatic heterocycles. The van der Waals surface area contributed by atoms with E-state index in [1.807, 2.05) is 25.1 Å². The quantitative estimate of drug-likeness (QED) is 0.206. The second-order valence-electron chi connectivity index (χ2n) is 8.86. The lowest BCUT2D eigenvalue weighted by molar-refractivity contribution is -0.137. The number of ether oxygens (including phenoxy) is 1. The summed E-state index contributed by atoms with van der Waals surface area (Å²) in [5.41, 5.74) is 6.01. The number of allylic oxidation sites excluding steroid dienone is 1. The van der Waals surface area contributed by atoms with E-state index >= 15 is 0 Å². The Morgan fingerprint density at radius 1 is 1.03 bits per heavy atom. The molecule has 0 atom stereocenters. The molecule has 0 unspecified atom stereocenters. The highest BCUT2D eigenvalue weighted by Gasteiger charge is 2.09. The van der Waals surface area contributed by atoms with Crippen molar-refractivity contribution < 1.29 is 19.4 Å². The van der Waals surface area contributed by atoms with E-state index in [0.717, 1.165) is 28.6 Å². The number of amides is 1. The first-order valence-electron chi connectivity index (χ1n) is 12.0. The SMILES string of the molecule is CC(=CC(=O)Nc1ccccc1OCCCC(=O)O)c1ccc2c(ccn2Cc2ccc(C)cc2)c1. The topological polar surface area (TPSA) is 80.6 Å². The largest absolute Gasteiger partial charge is 0.491 e. The maximum atomic E-state index is 12.7. The first kappa shape index (κ1) is 24.8. The lowest BCUT2D eigenvalue weighted by atomic mass is 10.0. The van der Waals surface area contributed by atoms with Gasteiger partial charge in [0.1, 0.15) is 5.75 Å². The highest BCUT2D eigenvalue weighted by atomic mass is 16.5. The second kappa shape index (κ2) is 11.4. The van der Waals surface area contributed by atoms with Crippen LogP contribution >= 0.6 is 0 Å². The zero-order chi connectivity index (χ0) is 25.5. The van der Waals surface area contributed by atoms with Gasteiger partial charge >= 0.3 is 5.97 Å². The number of hydrogen-bond donors (Lipinski definition) is 2. The molecule has 2 N–H and O–H groups in total. The molecular formula is C30H30N2O4. The maximum Gasteiger partial charge on any atom is 0.303 e. The summed E-state index contributed by atoms with van der Waals surface area (Å²) in [5, 5.41) is 12.8. The van der Waals surface area contributed by atoms with Gasteiger partial charge in [-0.25, -0.2) is 0 Å². The van der Waals surface area contributed by atoms with E-state index in [1.165, 1.54) is 11.1 Å². The molecule has 4 aromatic rings. The molecule has 6 heteroatoms. The standard InChI is InChI=1S/C30H30N2O4/c1-21-9-11-23(12-10-21)20-32-16-15-25-19-24(13-14-27(25)32)22(2)18-29(33)31-26-6-3-4-7-28(26)36-17-5-8-30(34)35/h3-4,6-7,9-16,18-19H,5,8,17,20H2,1-2H3,(H,31,33)(H,34,35). The number of carboxylic acid groups (broad SMARTS) is 1. The predicted molar refractivity (Wildman–Crippen MR) is 143 cm³/mol. The highest BCUT2D eigenvalue weighted by molar-refractivity contribution is 6.04. The number of carbonyl (C=O) groups is 2. The van der Waals surface area contributed by atoms with Crippen LogP contribution < -0.4 is 10.1 Å². The van der Waals surface area contributed by atoms with E-state index in [0.29, 0.717) is 17.9 Å². The summed E-state index contributed by atoms with van der Waals surface area (Å²) < 4.78 is 7.90. The van der Waals surface area contributed by atoms with Crippen molar-refractivity contribution in [1.82, 2.24) is 4.57 Å². The van der Waals surface area contributed by atoms with Gasteiger partial charge in [0.2, 0.25) is 5.91 Å². The number of aryl methyl sites for hydroxylation is 1. The third-order valence-corrected chi connectivity index (χ3v) is 5.98. The molecule has 1 heterocycles. The average Bonchev–Trinajstić information content (AvgIpc) is 3.26. The van der Waals surface area contributed by atoms with Gasteiger partial charge in [0.05, 0.1) is 12.3 Å². The molecule has 0 saturated heterocycles. The summed E-state index contributed by atoms with van der Waals surface area (Å²) in [5.74, 6) is -0.605. The van der Waals surface area contributed by atoms with Crippen LogP contribution in [0.3, 0.4) is 0 Å². The van der Waals surface area contributed by atoms with Crippen molar-refractivity contribution in [3.8, 4) is 5.75 Å². The van der Waals surface area contributed by atoms with Crippen LogP contribution in [0.2, 0.25) is 0 Å². The van der Waals surface area contributed by atoms with E-state index < -0.39 is 5.97 Å². The maximum absolute atomic E-state index is 12.7. The van der Waals surface area contributed by atoms with Gasteiger partial charge < -0.3 is 19.7 Å². The number of nitrogens with one attached hydrogen (secondary N) is 1. The van der Waals surface area contributed by atoms with Gasteiger partial charge in [0.25, 0.3) is 0 Å². The molecule has 0 aliphatic carbocycles. The first-order valence-corrected chi connectivity index (χ1v) is 12.0. The fraction of sp³-hybridized carbons (Fsp3) is 0.200. The lowest BCUT2D eigenvalue weighted by Gasteiger charge is -2.11. The Hall–Kier alpha value is -4.32. The Balaban J connectivity index is 1.43. The van der Waals surface area contributed by atoms with Gasteiger partial charge in [-0.1, -0.05) is 48.0 Å². The number of fused-ring (bicyclic) bond motifs is 1.